The molecule has 0 radical (unpaired) electrons. The van der Waals surface area contributed by atoms with Gasteiger partial charge in [-0.2, -0.15) is 0 Å². The lowest BCUT2D eigenvalue weighted by atomic mass is 10.1. The minimum absolute atomic E-state index is 0.000667. The third-order valence-electron chi connectivity index (χ3n) is 4.56. The van der Waals surface area contributed by atoms with Gasteiger partial charge in [-0.3, -0.25) is 9.59 Å². The molecule has 2 aromatic rings. The number of hydrogen-bond donors (Lipinski definition) is 2. The molecule has 2 rings (SSSR count). The number of carbonyl (C=O) groups excluding carboxylic acids is 2. The average Bonchev–Trinajstić information content (AvgIpc) is 2.66. The SMILES string of the molecule is CCN(CC(=O)Nc1cc(Cl)ccc1C)C(=O)C[NH2+][C@@H](C)c1cccc(Cl)c1. The largest absolute Gasteiger partial charge is 0.333 e. The van der Waals surface area contributed by atoms with Crippen molar-refractivity contribution in [2.75, 3.05) is 25.0 Å². The van der Waals surface area contributed by atoms with Crippen LogP contribution < -0.4 is 10.6 Å². The minimum atomic E-state index is -0.247. The lowest BCUT2D eigenvalue weighted by Crippen LogP contribution is -2.87. The quantitative estimate of drug-likeness (QED) is 0.684. The smallest absolute Gasteiger partial charge is 0.278 e. The van der Waals surface area contributed by atoms with Crippen LogP contribution in [0.2, 0.25) is 10.0 Å². The molecule has 0 spiro atoms. The highest BCUT2D eigenvalue weighted by Crippen LogP contribution is 2.20. The van der Waals surface area contributed by atoms with Gasteiger partial charge in [-0.1, -0.05) is 41.4 Å². The molecule has 0 saturated heterocycles. The van der Waals surface area contributed by atoms with Gasteiger partial charge >= 0.3 is 0 Å². The van der Waals surface area contributed by atoms with Gasteiger partial charge in [0, 0.05) is 27.8 Å². The summed E-state index contributed by atoms with van der Waals surface area (Å²) in [6.45, 7) is 6.48. The van der Waals surface area contributed by atoms with E-state index in [-0.39, 0.29) is 30.9 Å². The van der Waals surface area contributed by atoms with Gasteiger partial charge in [-0.05, 0) is 50.6 Å². The van der Waals surface area contributed by atoms with Crippen molar-refractivity contribution >= 4 is 40.7 Å². The molecule has 5 nitrogen and oxygen atoms in total. The number of anilines is 1. The van der Waals surface area contributed by atoms with Crippen LogP contribution in [0.3, 0.4) is 0 Å². The number of nitrogens with one attached hydrogen (secondary N) is 1. The first kappa shape index (κ1) is 22.2. The lowest BCUT2D eigenvalue weighted by molar-refractivity contribution is -0.683. The van der Waals surface area contributed by atoms with E-state index in [1.165, 1.54) is 4.90 Å². The number of quaternary nitrogens is 1. The fourth-order valence-electron chi connectivity index (χ4n) is 2.80. The summed E-state index contributed by atoms with van der Waals surface area (Å²) in [4.78, 5) is 26.5. The molecular weight excluding hydrogens is 397 g/mol. The van der Waals surface area contributed by atoms with Crippen LogP contribution >= 0.6 is 23.2 Å². The Morgan fingerprint density at radius 2 is 1.86 bits per heavy atom. The van der Waals surface area contributed by atoms with Crippen LogP contribution in [-0.4, -0.2) is 36.3 Å². The van der Waals surface area contributed by atoms with Gasteiger partial charge in [0.2, 0.25) is 5.91 Å². The van der Waals surface area contributed by atoms with Crippen molar-refractivity contribution in [3.63, 3.8) is 0 Å². The highest BCUT2D eigenvalue weighted by atomic mass is 35.5. The molecule has 0 bridgehead atoms. The Kier molecular flexibility index (Phi) is 8.30. The second kappa shape index (κ2) is 10.5. The molecule has 0 unspecified atom stereocenters. The van der Waals surface area contributed by atoms with Gasteiger partial charge in [-0.15, -0.1) is 0 Å². The Bertz CT molecular complexity index is 842. The van der Waals surface area contributed by atoms with Crippen LogP contribution in [0.25, 0.3) is 0 Å². The summed E-state index contributed by atoms with van der Waals surface area (Å²) in [5, 5.41) is 5.99. The summed E-state index contributed by atoms with van der Waals surface area (Å²) in [7, 11) is 0. The Hall–Kier alpha value is -2.08. The summed E-state index contributed by atoms with van der Waals surface area (Å²) < 4.78 is 0. The van der Waals surface area contributed by atoms with Crippen LogP contribution in [0.5, 0.6) is 0 Å². The first-order valence-corrected chi connectivity index (χ1v) is 9.98. The van der Waals surface area contributed by atoms with Gasteiger partial charge in [0.05, 0.1) is 0 Å². The maximum atomic E-state index is 12.6. The standard InChI is InChI=1S/C21H25Cl2N3O2/c1-4-26(13-20(27)25-19-11-18(23)9-8-14(19)2)21(28)12-24-15(3)16-6-5-7-17(22)10-16/h5-11,15,24H,4,12-13H2,1-3H3,(H,25,27)/p+1/t15-/m0/s1. The van der Waals surface area contributed by atoms with Gasteiger partial charge in [0.15, 0.2) is 6.54 Å². The first-order chi connectivity index (χ1) is 13.3. The van der Waals surface area contributed by atoms with Crippen molar-refractivity contribution in [2.24, 2.45) is 0 Å². The summed E-state index contributed by atoms with van der Waals surface area (Å²) in [5.41, 5.74) is 2.62. The Morgan fingerprint density at radius 3 is 2.54 bits per heavy atom. The number of carbonyl (C=O) groups is 2. The second-order valence-corrected chi connectivity index (χ2v) is 7.57. The molecule has 2 aromatic carbocycles. The van der Waals surface area contributed by atoms with Crippen LogP contribution in [0, 0.1) is 6.92 Å². The maximum Gasteiger partial charge on any atom is 0.278 e. The highest BCUT2D eigenvalue weighted by molar-refractivity contribution is 6.31. The number of nitrogens with two attached hydrogens (primary N) is 1. The predicted molar refractivity (Wildman–Crippen MR) is 114 cm³/mol. The monoisotopic (exact) mass is 422 g/mol. The molecule has 2 amide bonds. The number of rotatable bonds is 8. The molecule has 0 aliphatic rings. The molecule has 150 valence electrons. The summed E-state index contributed by atoms with van der Waals surface area (Å²) in [6, 6.07) is 13.0. The van der Waals surface area contributed by atoms with E-state index in [1.807, 2.05) is 56.4 Å². The molecule has 0 heterocycles. The van der Waals surface area contributed by atoms with E-state index >= 15 is 0 Å². The molecule has 1 atom stereocenters. The van der Waals surface area contributed by atoms with E-state index in [0.29, 0.717) is 22.3 Å². The van der Waals surface area contributed by atoms with Gasteiger partial charge < -0.3 is 15.5 Å². The van der Waals surface area contributed by atoms with Crippen molar-refractivity contribution in [1.82, 2.24) is 4.90 Å². The minimum Gasteiger partial charge on any atom is -0.333 e. The summed E-state index contributed by atoms with van der Waals surface area (Å²) in [5.74, 6) is -0.335. The number of nitrogens with zero attached hydrogens (tertiary/aromatic N) is 1. The van der Waals surface area contributed by atoms with Crippen LogP contribution in [-0.2, 0) is 9.59 Å². The fourth-order valence-corrected chi connectivity index (χ4v) is 3.17. The number of aryl methyl sites for hydroxylation is 1. The van der Waals surface area contributed by atoms with Crippen molar-refractivity contribution in [3.8, 4) is 0 Å². The zero-order chi connectivity index (χ0) is 20.7. The van der Waals surface area contributed by atoms with Crippen molar-refractivity contribution in [3.05, 3.63) is 63.6 Å². The molecule has 0 fully saturated rings. The van der Waals surface area contributed by atoms with Crippen molar-refractivity contribution in [2.45, 2.75) is 26.8 Å². The summed E-state index contributed by atoms with van der Waals surface area (Å²) in [6.07, 6.45) is 0. The number of amides is 2. The normalized spacial score (nSPS) is 11.8. The van der Waals surface area contributed by atoms with E-state index in [2.05, 4.69) is 5.32 Å². The van der Waals surface area contributed by atoms with E-state index in [4.69, 9.17) is 23.2 Å². The molecule has 3 N–H and O–H groups in total. The Morgan fingerprint density at radius 1 is 1.14 bits per heavy atom. The second-order valence-electron chi connectivity index (χ2n) is 6.70. The lowest BCUT2D eigenvalue weighted by Gasteiger charge is -2.21. The van der Waals surface area contributed by atoms with Crippen LogP contribution in [0.4, 0.5) is 5.69 Å². The molecule has 0 saturated carbocycles. The molecule has 28 heavy (non-hydrogen) atoms. The average molecular weight is 423 g/mol. The molecular formula is C21H26Cl2N3O2+. The zero-order valence-corrected chi connectivity index (χ0v) is 17.8. The molecule has 0 aliphatic carbocycles. The number of halogens is 2. The Balaban J connectivity index is 1.90. The predicted octanol–water partition coefficient (Wildman–Crippen LogP) is 3.41. The number of benzene rings is 2. The van der Waals surface area contributed by atoms with Gasteiger partial charge in [0.25, 0.3) is 5.91 Å². The summed E-state index contributed by atoms with van der Waals surface area (Å²) >= 11 is 12.0. The molecule has 7 heteroatoms. The van der Waals surface area contributed by atoms with E-state index < -0.39 is 0 Å². The maximum absolute atomic E-state index is 12.6. The number of hydrogen-bond acceptors (Lipinski definition) is 2. The van der Waals surface area contributed by atoms with Crippen molar-refractivity contribution < 1.29 is 14.9 Å². The first-order valence-electron chi connectivity index (χ1n) is 9.22. The highest BCUT2D eigenvalue weighted by Gasteiger charge is 2.19. The van der Waals surface area contributed by atoms with Crippen molar-refractivity contribution in [1.29, 1.82) is 0 Å². The van der Waals surface area contributed by atoms with E-state index in [1.54, 1.807) is 12.1 Å². The van der Waals surface area contributed by atoms with Gasteiger partial charge in [0.1, 0.15) is 12.6 Å². The third kappa shape index (κ3) is 6.51. The fraction of sp³-hybridized carbons (Fsp3) is 0.333. The molecule has 0 aliphatic heterocycles. The van der Waals surface area contributed by atoms with E-state index in [0.717, 1.165) is 11.1 Å². The van der Waals surface area contributed by atoms with Crippen LogP contribution in [0.15, 0.2) is 42.5 Å². The Labute approximate surface area is 176 Å². The number of likely N-dealkylation sites (N-methyl/N-ethyl adjacent to an activating group) is 1. The molecule has 0 aromatic heterocycles. The van der Waals surface area contributed by atoms with Crippen LogP contribution in [0.1, 0.15) is 31.0 Å². The van der Waals surface area contributed by atoms with E-state index in [9.17, 15) is 9.59 Å². The topological polar surface area (TPSA) is 66.0 Å². The zero-order valence-electron chi connectivity index (χ0n) is 16.3. The van der Waals surface area contributed by atoms with Gasteiger partial charge in [-0.25, -0.2) is 0 Å². The third-order valence-corrected chi connectivity index (χ3v) is 5.03.